The number of thiophene rings is 1. The number of nitrogens with zero attached hydrogens (tertiary/aromatic N) is 1. The van der Waals surface area contributed by atoms with E-state index in [1.165, 1.54) is 17.1 Å². The number of aryl methyl sites for hydroxylation is 1. The molecule has 0 aromatic carbocycles. The summed E-state index contributed by atoms with van der Waals surface area (Å²) in [5, 5.41) is 3.43. The predicted molar refractivity (Wildman–Crippen MR) is 87.1 cm³/mol. The summed E-state index contributed by atoms with van der Waals surface area (Å²) in [6.07, 6.45) is 4.47. The predicted octanol–water partition coefficient (Wildman–Crippen LogP) is 2.29. The number of nitrogens with one attached hydrogen (secondary N) is 1. The number of thioether (sulfide) groups is 1. The second-order valence-corrected chi connectivity index (χ2v) is 9.45. The molecular weight excluding hydrogens is 312 g/mol. The molecule has 0 atom stereocenters. The first kappa shape index (κ1) is 16.3. The highest BCUT2D eigenvalue weighted by Crippen LogP contribution is 2.28. The van der Waals surface area contributed by atoms with E-state index in [2.05, 4.69) is 5.32 Å². The van der Waals surface area contributed by atoms with Gasteiger partial charge in [-0.05, 0) is 32.1 Å². The van der Waals surface area contributed by atoms with Gasteiger partial charge in [0.05, 0.1) is 4.90 Å². The van der Waals surface area contributed by atoms with E-state index in [9.17, 15) is 8.42 Å². The van der Waals surface area contributed by atoms with Gasteiger partial charge in [-0.2, -0.15) is 11.8 Å². The Hall–Kier alpha value is -0.0800. The lowest BCUT2D eigenvalue weighted by Crippen LogP contribution is -2.29. The Labute approximate surface area is 130 Å². The largest absolute Gasteiger partial charge is 0.309 e. The molecule has 1 aliphatic carbocycles. The molecule has 7 heteroatoms. The highest BCUT2D eigenvalue weighted by Gasteiger charge is 2.25. The Balaban J connectivity index is 2.09. The van der Waals surface area contributed by atoms with Crippen LogP contribution in [-0.2, 0) is 16.6 Å². The van der Waals surface area contributed by atoms with Crippen molar-refractivity contribution in [2.75, 3.05) is 25.6 Å². The summed E-state index contributed by atoms with van der Waals surface area (Å²) in [7, 11) is -1.68. The summed E-state index contributed by atoms with van der Waals surface area (Å²) in [6.45, 7) is 3.22. The van der Waals surface area contributed by atoms with Crippen molar-refractivity contribution in [3.8, 4) is 0 Å². The molecule has 4 nitrogen and oxygen atoms in total. The average molecular weight is 335 g/mol. The Morgan fingerprint density at radius 1 is 1.50 bits per heavy atom. The summed E-state index contributed by atoms with van der Waals surface area (Å²) in [5.74, 6) is 0.814. The SMILES string of the molecule is CSCCN(C)S(=O)(=O)c1cc(CNC2CC2)sc1C. The molecule has 1 aromatic heterocycles. The lowest BCUT2D eigenvalue weighted by Gasteiger charge is -2.16. The Kier molecular flexibility index (Phi) is 5.53. The summed E-state index contributed by atoms with van der Waals surface area (Å²) < 4.78 is 26.5. The summed E-state index contributed by atoms with van der Waals surface area (Å²) >= 11 is 3.23. The molecule has 0 saturated heterocycles. The van der Waals surface area contributed by atoms with E-state index in [0.717, 1.165) is 22.1 Å². The molecule has 0 radical (unpaired) electrons. The Morgan fingerprint density at radius 3 is 2.80 bits per heavy atom. The number of sulfonamides is 1. The van der Waals surface area contributed by atoms with Gasteiger partial charge >= 0.3 is 0 Å². The Morgan fingerprint density at radius 2 is 2.20 bits per heavy atom. The summed E-state index contributed by atoms with van der Waals surface area (Å²) in [4.78, 5) is 2.46. The van der Waals surface area contributed by atoms with Crippen LogP contribution in [0.15, 0.2) is 11.0 Å². The molecule has 1 saturated carbocycles. The van der Waals surface area contributed by atoms with Crippen molar-refractivity contribution in [2.45, 2.75) is 37.2 Å². The molecule has 1 heterocycles. The van der Waals surface area contributed by atoms with E-state index in [-0.39, 0.29) is 0 Å². The molecule has 0 amide bonds. The molecule has 20 heavy (non-hydrogen) atoms. The third-order valence-corrected chi connectivity index (χ3v) is 7.12. The number of hydrogen-bond donors (Lipinski definition) is 1. The van der Waals surface area contributed by atoms with Crippen molar-refractivity contribution in [3.63, 3.8) is 0 Å². The standard InChI is InChI=1S/C13H22N2O2S3/c1-10-13(20(16,17)15(2)6-7-18-3)8-12(19-10)9-14-11-4-5-11/h8,11,14H,4-7,9H2,1-3H3. The molecule has 1 fully saturated rings. The maximum atomic E-state index is 12.5. The van der Waals surface area contributed by atoms with Crippen LogP contribution in [0.3, 0.4) is 0 Å². The zero-order chi connectivity index (χ0) is 14.8. The Bertz CT molecular complexity index is 550. The lowest BCUT2D eigenvalue weighted by atomic mass is 10.4. The third-order valence-electron chi connectivity index (χ3n) is 3.36. The van der Waals surface area contributed by atoms with Crippen molar-refractivity contribution < 1.29 is 8.42 Å². The fourth-order valence-corrected chi connectivity index (χ4v) is 5.20. The highest BCUT2D eigenvalue weighted by atomic mass is 32.2. The van der Waals surface area contributed by atoms with Crippen molar-refractivity contribution in [1.82, 2.24) is 9.62 Å². The van der Waals surface area contributed by atoms with Gasteiger partial charge in [-0.15, -0.1) is 11.3 Å². The molecule has 0 spiro atoms. The minimum Gasteiger partial charge on any atom is -0.309 e. The smallest absolute Gasteiger partial charge is 0.243 e. The van der Waals surface area contributed by atoms with Crippen LogP contribution in [0.1, 0.15) is 22.6 Å². The van der Waals surface area contributed by atoms with Gasteiger partial charge in [0.1, 0.15) is 0 Å². The molecule has 114 valence electrons. The van der Waals surface area contributed by atoms with Gasteiger partial charge in [-0.1, -0.05) is 0 Å². The second-order valence-electron chi connectivity index (χ2n) is 5.11. The van der Waals surface area contributed by atoms with Crippen molar-refractivity contribution >= 4 is 33.1 Å². The topological polar surface area (TPSA) is 49.4 Å². The van der Waals surface area contributed by atoms with Crippen LogP contribution in [0.2, 0.25) is 0 Å². The normalized spacial score (nSPS) is 16.0. The molecule has 0 bridgehead atoms. The van der Waals surface area contributed by atoms with E-state index in [1.54, 1.807) is 30.1 Å². The van der Waals surface area contributed by atoms with E-state index < -0.39 is 10.0 Å². The summed E-state index contributed by atoms with van der Waals surface area (Å²) in [5.41, 5.74) is 0. The van der Waals surface area contributed by atoms with Crippen LogP contribution < -0.4 is 5.32 Å². The fourth-order valence-electron chi connectivity index (χ4n) is 1.91. The van der Waals surface area contributed by atoms with Crippen LogP contribution in [0.4, 0.5) is 0 Å². The van der Waals surface area contributed by atoms with Crippen LogP contribution in [0.25, 0.3) is 0 Å². The zero-order valence-electron chi connectivity index (χ0n) is 12.2. The third kappa shape index (κ3) is 3.98. The molecule has 0 unspecified atom stereocenters. The van der Waals surface area contributed by atoms with Gasteiger partial charge < -0.3 is 5.32 Å². The van der Waals surface area contributed by atoms with Crippen molar-refractivity contribution in [3.05, 3.63) is 15.8 Å². The molecule has 1 N–H and O–H groups in total. The number of hydrogen-bond acceptors (Lipinski definition) is 5. The highest BCUT2D eigenvalue weighted by molar-refractivity contribution is 7.98. The molecule has 1 aromatic rings. The quantitative estimate of drug-likeness (QED) is 0.792. The zero-order valence-corrected chi connectivity index (χ0v) is 14.6. The monoisotopic (exact) mass is 334 g/mol. The van der Waals surface area contributed by atoms with Crippen molar-refractivity contribution in [2.24, 2.45) is 0 Å². The van der Waals surface area contributed by atoms with Crippen LogP contribution in [-0.4, -0.2) is 44.4 Å². The van der Waals surface area contributed by atoms with E-state index >= 15 is 0 Å². The molecule has 1 aliphatic rings. The molecular formula is C13H22N2O2S3. The maximum Gasteiger partial charge on any atom is 0.243 e. The lowest BCUT2D eigenvalue weighted by molar-refractivity contribution is 0.488. The van der Waals surface area contributed by atoms with Gasteiger partial charge in [0.2, 0.25) is 10.0 Å². The second kappa shape index (κ2) is 6.79. The van der Waals surface area contributed by atoms with E-state index in [4.69, 9.17) is 0 Å². The van der Waals surface area contributed by atoms with Crippen LogP contribution in [0.5, 0.6) is 0 Å². The van der Waals surface area contributed by atoms with Gasteiger partial charge in [0.25, 0.3) is 0 Å². The van der Waals surface area contributed by atoms with Gasteiger partial charge in [0, 0.05) is 41.7 Å². The van der Waals surface area contributed by atoms with Gasteiger partial charge in [-0.3, -0.25) is 0 Å². The fraction of sp³-hybridized carbons (Fsp3) is 0.692. The van der Waals surface area contributed by atoms with Crippen molar-refractivity contribution in [1.29, 1.82) is 0 Å². The minimum atomic E-state index is -3.34. The van der Waals surface area contributed by atoms with Crippen LogP contribution >= 0.6 is 23.1 Å². The average Bonchev–Trinajstić information content (AvgIpc) is 3.15. The summed E-state index contributed by atoms with van der Waals surface area (Å²) in [6, 6.07) is 2.47. The first-order chi connectivity index (χ1) is 9.45. The number of rotatable bonds is 8. The van der Waals surface area contributed by atoms with E-state index in [1.807, 2.05) is 19.2 Å². The molecule has 0 aliphatic heterocycles. The maximum absolute atomic E-state index is 12.5. The minimum absolute atomic E-state index is 0.471. The van der Waals surface area contributed by atoms with E-state index in [0.29, 0.717) is 17.5 Å². The first-order valence-electron chi connectivity index (χ1n) is 6.73. The van der Waals surface area contributed by atoms with Gasteiger partial charge in [-0.25, -0.2) is 12.7 Å². The molecule has 2 rings (SSSR count). The van der Waals surface area contributed by atoms with Crippen LogP contribution in [0, 0.1) is 6.92 Å². The van der Waals surface area contributed by atoms with Gasteiger partial charge in [0.15, 0.2) is 0 Å². The first-order valence-corrected chi connectivity index (χ1v) is 10.4.